The van der Waals surface area contributed by atoms with E-state index >= 15 is 0 Å². The minimum Gasteiger partial charge on any atom is -0.468 e. The van der Waals surface area contributed by atoms with E-state index in [4.69, 9.17) is 9.15 Å². The molecule has 0 radical (unpaired) electrons. The summed E-state index contributed by atoms with van der Waals surface area (Å²) in [6, 6.07) is 3.73. The fraction of sp³-hybridized carbons (Fsp3) is 0.722. The molecule has 218 valence electrons. The van der Waals surface area contributed by atoms with E-state index in [2.05, 4.69) is 47.6 Å². The third-order valence-corrected chi connectivity index (χ3v) is 14.2. The highest BCUT2D eigenvalue weighted by molar-refractivity contribution is 6.15. The van der Waals surface area contributed by atoms with Crippen molar-refractivity contribution in [2.24, 2.45) is 56.7 Å². The van der Waals surface area contributed by atoms with Gasteiger partial charge in [0.1, 0.15) is 11.2 Å². The van der Waals surface area contributed by atoms with Gasteiger partial charge in [-0.1, -0.05) is 53.2 Å². The summed E-state index contributed by atoms with van der Waals surface area (Å²) in [6.45, 7) is 17.0. The van der Waals surface area contributed by atoms with E-state index in [0.717, 1.165) is 25.2 Å². The summed E-state index contributed by atoms with van der Waals surface area (Å²) in [5.41, 5.74) is 1.70. The maximum Gasteiger partial charge on any atom is 0.319 e. The largest absolute Gasteiger partial charge is 0.468 e. The Kier molecular flexibility index (Phi) is 6.27. The number of ketones is 1. The van der Waals surface area contributed by atoms with Gasteiger partial charge < -0.3 is 9.15 Å². The van der Waals surface area contributed by atoms with E-state index < -0.39 is 5.41 Å². The molecule has 0 saturated heterocycles. The predicted octanol–water partition coefficient (Wildman–Crippen LogP) is 8.67. The molecular formula is C36H50O4. The number of ether oxygens (including phenoxy) is 1. The van der Waals surface area contributed by atoms with E-state index in [-0.39, 0.29) is 33.9 Å². The molecule has 5 aliphatic rings. The van der Waals surface area contributed by atoms with Crippen molar-refractivity contribution in [2.45, 2.75) is 99.8 Å². The standard InChI is InChI=1S/C36H50O4/c1-22-13-15-32(3)17-18-34(5)26(29(32)23(22)2)11-12-27-33(4)21-24(20-25-10-9-19-40-25)30(37)36(7,31(38)39-8)28(33)14-16-35(27,34)6/h9-11,19-20,22-23,27-29H,12-18,21H2,1-8H3/b24-20+/t22-,23+,27-,28-,29+,32-,33-,34-,35-,36-/m1/s1. The van der Waals surface area contributed by atoms with Crippen LogP contribution < -0.4 is 0 Å². The van der Waals surface area contributed by atoms with E-state index in [0.29, 0.717) is 40.9 Å². The van der Waals surface area contributed by atoms with Gasteiger partial charge in [-0.3, -0.25) is 9.59 Å². The zero-order valence-corrected chi connectivity index (χ0v) is 26.1. The average molecular weight is 547 g/mol. The van der Waals surface area contributed by atoms with E-state index in [1.54, 1.807) is 11.8 Å². The summed E-state index contributed by atoms with van der Waals surface area (Å²) < 4.78 is 11.0. The predicted molar refractivity (Wildman–Crippen MR) is 158 cm³/mol. The van der Waals surface area contributed by atoms with Gasteiger partial charge in [0.05, 0.1) is 13.4 Å². The number of carbonyl (C=O) groups excluding carboxylic acids is 2. The zero-order valence-electron chi connectivity index (χ0n) is 26.1. The Balaban J connectivity index is 1.48. The second-order valence-electron chi connectivity index (χ2n) is 15.7. The summed E-state index contributed by atoms with van der Waals surface area (Å²) in [5, 5.41) is 0. The van der Waals surface area contributed by atoms with E-state index in [1.807, 2.05) is 25.1 Å². The fourth-order valence-electron chi connectivity index (χ4n) is 11.5. The lowest BCUT2D eigenvalue weighted by molar-refractivity contribution is -0.192. The van der Waals surface area contributed by atoms with Crippen LogP contribution in [0.1, 0.15) is 106 Å². The smallest absolute Gasteiger partial charge is 0.319 e. The van der Waals surface area contributed by atoms with Crippen LogP contribution in [0.4, 0.5) is 0 Å². The lowest BCUT2D eigenvalue weighted by atomic mass is 9.33. The molecule has 4 heteroatoms. The normalized spacial score (nSPS) is 49.3. The van der Waals surface area contributed by atoms with Crippen LogP contribution in [0.5, 0.6) is 0 Å². The van der Waals surface area contributed by atoms with Crippen molar-refractivity contribution in [1.29, 1.82) is 0 Å². The maximum absolute atomic E-state index is 14.1. The van der Waals surface area contributed by atoms with Gasteiger partial charge in [-0.05, 0) is 128 Å². The fourth-order valence-corrected chi connectivity index (χ4v) is 11.5. The van der Waals surface area contributed by atoms with Gasteiger partial charge in [0, 0.05) is 5.57 Å². The van der Waals surface area contributed by atoms with Crippen LogP contribution in [0.15, 0.2) is 40.0 Å². The van der Waals surface area contributed by atoms with Crippen LogP contribution in [-0.4, -0.2) is 18.9 Å². The van der Waals surface area contributed by atoms with Crippen molar-refractivity contribution in [3.8, 4) is 0 Å². The third kappa shape index (κ3) is 3.43. The Bertz CT molecular complexity index is 1270. The Hall–Kier alpha value is -2.10. The monoisotopic (exact) mass is 546 g/mol. The Morgan fingerprint density at radius 3 is 2.45 bits per heavy atom. The number of rotatable bonds is 2. The molecule has 10 atom stereocenters. The molecule has 0 bridgehead atoms. The van der Waals surface area contributed by atoms with Crippen LogP contribution in [0, 0.1) is 56.7 Å². The SMILES string of the molecule is COC(=O)[C@@]1(C)C(=O)/C(=C/c2ccco2)C[C@]2(C)[C@H]3CC=C4[C@@H]5[C@@H](C)[C@H](C)CC[C@]5(C)CC[C@@]4(C)[C@]3(C)CC[C@@H]12. The van der Waals surface area contributed by atoms with Gasteiger partial charge in [0.15, 0.2) is 5.78 Å². The highest BCUT2D eigenvalue weighted by atomic mass is 16.5. The van der Waals surface area contributed by atoms with Gasteiger partial charge in [0.25, 0.3) is 0 Å². The molecule has 0 unspecified atom stereocenters. The van der Waals surface area contributed by atoms with Crippen LogP contribution in [0.2, 0.25) is 0 Å². The quantitative estimate of drug-likeness (QED) is 0.161. The first-order chi connectivity index (χ1) is 18.8. The number of methoxy groups -OCH3 is 1. The second-order valence-corrected chi connectivity index (χ2v) is 15.7. The first kappa shape index (κ1) is 28.0. The van der Waals surface area contributed by atoms with Crippen LogP contribution in [0.3, 0.4) is 0 Å². The van der Waals surface area contributed by atoms with Crippen molar-refractivity contribution in [3.05, 3.63) is 41.4 Å². The van der Waals surface area contributed by atoms with Gasteiger partial charge in [-0.25, -0.2) is 0 Å². The zero-order chi connectivity index (χ0) is 28.9. The van der Waals surface area contributed by atoms with Gasteiger partial charge >= 0.3 is 5.97 Å². The summed E-state index contributed by atoms with van der Waals surface area (Å²) in [4.78, 5) is 27.7. The average Bonchev–Trinajstić information content (AvgIpc) is 3.43. The van der Waals surface area contributed by atoms with E-state index in [1.165, 1.54) is 32.8 Å². The number of furan rings is 1. The molecule has 6 rings (SSSR count). The molecule has 40 heavy (non-hydrogen) atoms. The number of hydrogen-bond acceptors (Lipinski definition) is 4. The minimum absolute atomic E-state index is 0.0483. The van der Waals surface area contributed by atoms with Crippen molar-refractivity contribution >= 4 is 17.8 Å². The molecule has 4 fully saturated rings. The maximum atomic E-state index is 14.1. The molecule has 1 aromatic rings. The lowest BCUT2D eigenvalue weighted by Crippen LogP contribution is -2.66. The molecule has 0 amide bonds. The highest BCUT2D eigenvalue weighted by Gasteiger charge is 2.70. The summed E-state index contributed by atoms with van der Waals surface area (Å²) in [5.74, 6) is 2.64. The van der Waals surface area contributed by atoms with Gasteiger partial charge in [-0.2, -0.15) is 0 Å². The Labute approximate surface area is 241 Å². The number of Topliss-reactive ketones (excluding diaryl/α,β-unsaturated/α-hetero) is 1. The summed E-state index contributed by atoms with van der Waals surface area (Å²) in [7, 11) is 1.43. The minimum atomic E-state index is -1.19. The Morgan fingerprint density at radius 1 is 1.02 bits per heavy atom. The highest BCUT2D eigenvalue weighted by Crippen LogP contribution is 2.75. The molecule has 5 aliphatic carbocycles. The first-order valence-corrected chi connectivity index (χ1v) is 15.8. The molecule has 4 saturated carbocycles. The molecule has 1 aromatic heterocycles. The van der Waals surface area contributed by atoms with Crippen LogP contribution >= 0.6 is 0 Å². The molecule has 0 N–H and O–H groups in total. The molecule has 0 spiro atoms. The van der Waals surface area contributed by atoms with Crippen LogP contribution in [0.25, 0.3) is 6.08 Å². The second kappa shape index (κ2) is 8.95. The van der Waals surface area contributed by atoms with Gasteiger partial charge in [0.2, 0.25) is 0 Å². The third-order valence-electron chi connectivity index (χ3n) is 14.2. The van der Waals surface area contributed by atoms with Crippen molar-refractivity contribution < 1.29 is 18.7 Å². The van der Waals surface area contributed by atoms with Crippen molar-refractivity contribution in [2.75, 3.05) is 7.11 Å². The molecular weight excluding hydrogens is 496 g/mol. The summed E-state index contributed by atoms with van der Waals surface area (Å²) in [6.07, 6.45) is 15.1. The van der Waals surface area contributed by atoms with Gasteiger partial charge in [-0.15, -0.1) is 0 Å². The molecule has 0 aliphatic heterocycles. The molecule has 1 heterocycles. The van der Waals surface area contributed by atoms with Crippen molar-refractivity contribution in [1.82, 2.24) is 0 Å². The van der Waals surface area contributed by atoms with Crippen LogP contribution in [-0.2, 0) is 14.3 Å². The topological polar surface area (TPSA) is 56.5 Å². The Morgan fingerprint density at radius 2 is 1.77 bits per heavy atom. The van der Waals surface area contributed by atoms with E-state index in [9.17, 15) is 9.59 Å². The first-order valence-electron chi connectivity index (χ1n) is 15.8. The number of fused-ring (bicyclic) bond motifs is 7. The number of hydrogen-bond donors (Lipinski definition) is 0. The molecule has 0 aromatic carbocycles. The number of carbonyl (C=O) groups is 2. The lowest BCUT2D eigenvalue weighted by Gasteiger charge is -2.71. The summed E-state index contributed by atoms with van der Waals surface area (Å²) >= 11 is 0. The number of allylic oxidation sites excluding steroid dienone is 3. The molecule has 4 nitrogen and oxygen atoms in total. The van der Waals surface area contributed by atoms with Crippen molar-refractivity contribution in [3.63, 3.8) is 0 Å². The number of esters is 1.